The number of nitrogens with zero attached hydrogens (tertiary/aromatic N) is 3. The van der Waals surface area contributed by atoms with E-state index in [-0.39, 0.29) is 0 Å². The van der Waals surface area contributed by atoms with Gasteiger partial charge in [0.15, 0.2) is 5.13 Å². The van der Waals surface area contributed by atoms with E-state index in [2.05, 4.69) is 63.2 Å². The van der Waals surface area contributed by atoms with E-state index in [4.69, 9.17) is 4.42 Å². The van der Waals surface area contributed by atoms with Crippen molar-refractivity contribution in [1.82, 2.24) is 15.2 Å². The minimum absolute atomic E-state index is 0.368. The summed E-state index contributed by atoms with van der Waals surface area (Å²) in [7, 11) is 0. The van der Waals surface area contributed by atoms with Gasteiger partial charge in [-0.3, -0.25) is 5.32 Å². The van der Waals surface area contributed by atoms with Gasteiger partial charge in [-0.25, -0.2) is 4.98 Å². The Morgan fingerprint density at radius 2 is 1.96 bits per heavy atom. The average Bonchev–Trinajstić information content (AvgIpc) is 3.34. The lowest BCUT2D eigenvalue weighted by Gasteiger charge is -2.15. The van der Waals surface area contributed by atoms with Gasteiger partial charge < -0.3 is 4.42 Å². The highest BCUT2D eigenvalue weighted by Gasteiger charge is 2.15. The van der Waals surface area contributed by atoms with E-state index in [0.717, 1.165) is 32.2 Å². The minimum atomic E-state index is 0.368. The first-order valence-electron chi connectivity index (χ1n) is 8.96. The number of para-hydroxylation sites is 1. The summed E-state index contributed by atoms with van der Waals surface area (Å²) in [5, 5.41) is 12.3. The molecular weight excluding hydrogens is 376 g/mol. The van der Waals surface area contributed by atoms with Crippen LogP contribution in [0.15, 0.2) is 45.7 Å². The second kappa shape index (κ2) is 6.98. The van der Waals surface area contributed by atoms with Crippen LogP contribution in [0.3, 0.4) is 0 Å². The molecule has 0 radical (unpaired) electrons. The Bertz CT molecular complexity index is 1120. The predicted molar refractivity (Wildman–Crippen MR) is 111 cm³/mol. The van der Waals surface area contributed by atoms with Crippen molar-refractivity contribution < 1.29 is 4.42 Å². The second-order valence-electron chi connectivity index (χ2n) is 6.55. The van der Waals surface area contributed by atoms with Crippen molar-refractivity contribution >= 4 is 44.5 Å². The second-order valence-corrected chi connectivity index (χ2v) is 8.43. The normalized spacial score (nSPS) is 13.7. The molecule has 0 unspecified atom stereocenters. The van der Waals surface area contributed by atoms with Gasteiger partial charge in [0.1, 0.15) is 0 Å². The van der Waals surface area contributed by atoms with E-state index in [9.17, 15) is 0 Å². The van der Waals surface area contributed by atoms with Crippen LogP contribution in [0.5, 0.6) is 0 Å². The van der Waals surface area contributed by atoms with Crippen LogP contribution in [0.1, 0.15) is 24.0 Å². The number of benzene rings is 2. The molecule has 0 atom stereocenters. The van der Waals surface area contributed by atoms with Crippen molar-refractivity contribution in [3.05, 3.63) is 47.5 Å². The van der Waals surface area contributed by atoms with Crippen molar-refractivity contribution in [3.63, 3.8) is 0 Å². The third-order valence-electron chi connectivity index (χ3n) is 4.84. The van der Waals surface area contributed by atoms with Gasteiger partial charge in [-0.15, -0.1) is 16.9 Å². The van der Waals surface area contributed by atoms with Gasteiger partial charge in [0.05, 0.1) is 10.2 Å². The Morgan fingerprint density at radius 1 is 1.07 bits per heavy atom. The molecule has 5 nitrogen and oxygen atoms in total. The molecule has 2 aromatic heterocycles. The lowest BCUT2D eigenvalue weighted by Crippen LogP contribution is -2.02. The molecule has 1 aliphatic carbocycles. The Balaban J connectivity index is 1.41. The van der Waals surface area contributed by atoms with Gasteiger partial charge in [-0.05, 0) is 67.3 Å². The zero-order valence-corrected chi connectivity index (χ0v) is 16.5. The zero-order valence-electron chi connectivity index (χ0n) is 14.9. The smallest absolute Gasteiger partial charge is 0.322 e. The summed E-state index contributed by atoms with van der Waals surface area (Å²) in [6, 6.07) is 13.0. The summed E-state index contributed by atoms with van der Waals surface area (Å²) >= 11 is 3.28. The lowest BCUT2D eigenvalue weighted by atomic mass is 9.90. The minimum Gasteiger partial charge on any atom is -0.403 e. The third kappa shape index (κ3) is 3.21. The fourth-order valence-corrected chi connectivity index (χ4v) is 5.00. The largest absolute Gasteiger partial charge is 0.403 e. The number of rotatable bonds is 4. The average molecular weight is 395 g/mol. The number of thiazole rings is 1. The Labute approximate surface area is 165 Å². The molecule has 27 heavy (non-hydrogen) atoms. The Morgan fingerprint density at radius 3 is 2.85 bits per heavy atom. The van der Waals surface area contributed by atoms with E-state index in [1.807, 2.05) is 0 Å². The molecule has 0 spiro atoms. The fraction of sp³-hybridized carbons (Fsp3) is 0.250. The predicted octanol–water partition coefficient (Wildman–Crippen LogP) is 5.69. The highest BCUT2D eigenvalue weighted by Crippen LogP contribution is 2.34. The van der Waals surface area contributed by atoms with Gasteiger partial charge >= 0.3 is 6.01 Å². The molecule has 0 fully saturated rings. The number of hydrogen-bond donors (Lipinski definition) is 1. The van der Waals surface area contributed by atoms with Crippen LogP contribution >= 0.6 is 23.1 Å². The maximum Gasteiger partial charge on any atom is 0.322 e. The first-order valence-corrected chi connectivity index (χ1v) is 11.0. The van der Waals surface area contributed by atoms with E-state index in [0.29, 0.717) is 11.9 Å². The lowest BCUT2D eigenvalue weighted by molar-refractivity contribution is 0.587. The highest BCUT2D eigenvalue weighted by atomic mass is 32.2. The molecule has 2 aromatic carbocycles. The van der Waals surface area contributed by atoms with Gasteiger partial charge in [-0.1, -0.05) is 28.6 Å². The SMILES string of the molecule is CSc1cccc2sc(Nc3nnc(-c4ccc5c(c4)CCCC5)o3)nc12. The van der Waals surface area contributed by atoms with Crippen molar-refractivity contribution in [2.24, 2.45) is 0 Å². The summed E-state index contributed by atoms with van der Waals surface area (Å²) < 4.78 is 6.98. The van der Waals surface area contributed by atoms with Crippen LogP contribution in [0.2, 0.25) is 0 Å². The van der Waals surface area contributed by atoms with Crippen LogP contribution < -0.4 is 5.32 Å². The van der Waals surface area contributed by atoms with Gasteiger partial charge in [-0.2, -0.15) is 0 Å². The van der Waals surface area contributed by atoms with E-state index >= 15 is 0 Å². The van der Waals surface area contributed by atoms with Gasteiger partial charge in [0, 0.05) is 10.5 Å². The van der Waals surface area contributed by atoms with E-state index in [1.54, 1.807) is 23.1 Å². The van der Waals surface area contributed by atoms with Crippen molar-refractivity contribution in [3.8, 4) is 11.5 Å². The van der Waals surface area contributed by atoms with Crippen LogP contribution in [-0.2, 0) is 12.8 Å². The maximum absolute atomic E-state index is 5.85. The summed E-state index contributed by atoms with van der Waals surface area (Å²) in [6.07, 6.45) is 6.89. The summed E-state index contributed by atoms with van der Waals surface area (Å²) in [5.74, 6) is 0.539. The first-order chi connectivity index (χ1) is 13.3. The molecule has 0 aliphatic heterocycles. The summed E-state index contributed by atoms with van der Waals surface area (Å²) in [5.41, 5.74) is 4.83. The third-order valence-corrected chi connectivity index (χ3v) is 6.54. The van der Waals surface area contributed by atoms with Crippen molar-refractivity contribution in [2.75, 3.05) is 11.6 Å². The first kappa shape index (κ1) is 16.8. The monoisotopic (exact) mass is 394 g/mol. The highest BCUT2D eigenvalue weighted by molar-refractivity contribution is 7.98. The molecule has 2 heterocycles. The quantitative estimate of drug-likeness (QED) is 0.449. The van der Waals surface area contributed by atoms with Crippen LogP contribution in [0.4, 0.5) is 11.1 Å². The molecule has 0 amide bonds. The molecular formula is C20H18N4OS2. The molecule has 0 bridgehead atoms. The molecule has 5 rings (SSSR count). The zero-order chi connectivity index (χ0) is 18.2. The van der Waals surface area contributed by atoms with Crippen molar-refractivity contribution in [2.45, 2.75) is 30.6 Å². The van der Waals surface area contributed by atoms with Crippen LogP contribution in [-0.4, -0.2) is 21.4 Å². The Hall–Kier alpha value is -2.38. The van der Waals surface area contributed by atoms with Gasteiger partial charge in [0.2, 0.25) is 5.89 Å². The van der Waals surface area contributed by atoms with E-state index in [1.165, 1.54) is 30.4 Å². The Kier molecular flexibility index (Phi) is 4.33. The maximum atomic E-state index is 5.85. The van der Waals surface area contributed by atoms with Gasteiger partial charge in [0.25, 0.3) is 0 Å². The topological polar surface area (TPSA) is 63.8 Å². The van der Waals surface area contributed by atoms with Crippen molar-refractivity contribution in [1.29, 1.82) is 0 Å². The number of thioether (sulfide) groups is 1. The molecule has 1 N–H and O–H groups in total. The van der Waals surface area contributed by atoms with Crippen LogP contribution in [0.25, 0.3) is 21.7 Å². The number of anilines is 2. The molecule has 4 aromatic rings. The number of aromatic nitrogens is 3. The molecule has 136 valence electrons. The molecule has 0 saturated heterocycles. The summed E-state index contributed by atoms with van der Waals surface area (Å²) in [4.78, 5) is 5.84. The number of fused-ring (bicyclic) bond motifs is 2. The molecule has 1 aliphatic rings. The molecule has 7 heteroatoms. The standard InChI is InChI=1S/C20H18N4OS2/c1-26-15-7-4-8-16-17(15)21-20(27-16)22-19-24-23-18(25-19)14-10-9-12-5-2-3-6-13(12)11-14/h4,7-11H,2-3,5-6H2,1H3,(H,21,22,24). The fourth-order valence-electron chi connectivity index (χ4n) is 3.49. The number of hydrogen-bond acceptors (Lipinski definition) is 7. The number of aryl methyl sites for hydroxylation is 2. The number of nitrogens with one attached hydrogen (secondary N) is 1. The molecule has 0 saturated carbocycles. The van der Waals surface area contributed by atoms with Crippen LogP contribution in [0, 0.1) is 0 Å². The summed E-state index contributed by atoms with van der Waals surface area (Å²) in [6.45, 7) is 0. The van der Waals surface area contributed by atoms with E-state index < -0.39 is 0 Å².